The number of phenols is 1. The molecule has 3 atom stereocenters. The Labute approximate surface area is 230 Å². The first-order valence-corrected chi connectivity index (χ1v) is 14.3. The number of rotatable bonds is 14. The Morgan fingerprint density at radius 1 is 1.11 bits per heavy atom. The van der Waals surface area contributed by atoms with E-state index >= 15 is 0 Å². The molecule has 1 rings (SSSR count). The van der Waals surface area contributed by atoms with Gasteiger partial charge in [-0.1, -0.05) is 19.1 Å². The van der Waals surface area contributed by atoms with Crippen LogP contribution >= 0.6 is 11.8 Å². The first kappa shape index (κ1) is 33.1. The summed E-state index contributed by atoms with van der Waals surface area (Å²) in [6.45, 7) is 10.9. The van der Waals surface area contributed by atoms with E-state index in [2.05, 4.69) is 10.6 Å². The van der Waals surface area contributed by atoms with Gasteiger partial charge in [0.15, 0.2) is 0 Å². The van der Waals surface area contributed by atoms with Crippen LogP contribution in [-0.2, 0) is 23.9 Å². The molecule has 3 N–H and O–H groups in total. The molecule has 11 heteroatoms. The average molecular weight is 554 g/mol. The minimum atomic E-state index is -1.07. The van der Waals surface area contributed by atoms with Gasteiger partial charge in [0.05, 0.1) is 13.0 Å². The van der Waals surface area contributed by atoms with Crippen molar-refractivity contribution < 1.29 is 33.8 Å². The van der Waals surface area contributed by atoms with Gasteiger partial charge in [0.2, 0.25) is 11.8 Å². The van der Waals surface area contributed by atoms with Crippen molar-refractivity contribution in [3.63, 3.8) is 0 Å². The van der Waals surface area contributed by atoms with Crippen LogP contribution < -0.4 is 10.6 Å². The van der Waals surface area contributed by atoms with Crippen LogP contribution in [0.4, 0.5) is 4.79 Å². The van der Waals surface area contributed by atoms with Crippen LogP contribution in [0.1, 0.15) is 72.4 Å². The van der Waals surface area contributed by atoms with Crippen molar-refractivity contribution in [3.05, 3.63) is 29.8 Å². The van der Waals surface area contributed by atoms with Gasteiger partial charge in [-0.3, -0.25) is 14.4 Å². The van der Waals surface area contributed by atoms with Crippen molar-refractivity contribution in [3.8, 4) is 5.75 Å². The summed E-state index contributed by atoms with van der Waals surface area (Å²) < 4.78 is 10.3. The summed E-state index contributed by atoms with van der Waals surface area (Å²) in [6.07, 6.45) is 2.03. The lowest BCUT2D eigenvalue weighted by Gasteiger charge is -2.38. The molecule has 1 aromatic carbocycles. The van der Waals surface area contributed by atoms with E-state index in [1.165, 1.54) is 28.8 Å². The molecular formula is C27H43N3O7S. The van der Waals surface area contributed by atoms with Gasteiger partial charge in [-0.25, -0.2) is 4.79 Å². The third-order valence-corrected chi connectivity index (χ3v) is 6.23. The Kier molecular flexibility index (Phi) is 14.0. The number of carbonyl (C=O) groups excluding carboxylic acids is 4. The lowest BCUT2D eigenvalue weighted by atomic mass is 9.99. The van der Waals surface area contributed by atoms with Crippen LogP contribution in [0, 0.1) is 0 Å². The number of nitrogens with zero attached hydrogens (tertiary/aromatic N) is 1. The van der Waals surface area contributed by atoms with Crippen LogP contribution in [0.15, 0.2) is 24.3 Å². The Morgan fingerprint density at radius 2 is 1.74 bits per heavy atom. The highest BCUT2D eigenvalue weighted by Gasteiger charge is 2.38. The zero-order valence-electron chi connectivity index (χ0n) is 23.5. The Balaban J connectivity index is 3.40. The van der Waals surface area contributed by atoms with E-state index in [0.717, 1.165) is 0 Å². The van der Waals surface area contributed by atoms with Crippen molar-refractivity contribution in [1.29, 1.82) is 0 Å². The highest BCUT2D eigenvalue weighted by atomic mass is 32.2. The molecule has 0 spiro atoms. The van der Waals surface area contributed by atoms with Crippen molar-refractivity contribution >= 4 is 35.6 Å². The lowest BCUT2D eigenvalue weighted by molar-refractivity contribution is -0.146. The number of phenolic OH excluding ortho intramolecular Hbond substituents is 1. The van der Waals surface area contributed by atoms with Crippen LogP contribution in [0.25, 0.3) is 0 Å². The fourth-order valence-electron chi connectivity index (χ4n) is 3.63. The molecule has 0 aliphatic carbocycles. The van der Waals surface area contributed by atoms with Crippen LogP contribution in [-0.4, -0.2) is 76.7 Å². The monoisotopic (exact) mass is 553 g/mol. The van der Waals surface area contributed by atoms with Crippen molar-refractivity contribution in [1.82, 2.24) is 15.5 Å². The largest absolute Gasteiger partial charge is 0.508 e. The third kappa shape index (κ3) is 11.2. The highest BCUT2D eigenvalue weighted by molar-refractivity contribution is 7.98. The van der Waals surface area contributed by atoms with Crippen molar-refractivity contribution in [2.24, 2.45) is 0 Å². The van der Waals surface area contributed by atoms with E-state index < -0.39 is 41.6 Å². The second-order valence-electron chi connectivity index (χ2n) is 9.82. The summed E-state index contributed by atoms with van der Waals surface area (Å²) in [6, 6.07) is 3.65. The molecule has 214 valence electrons. The summed E-state index contributed by atoms with van der Waals surface area (Å²) in [5, 5.41) is 15.3. The molecule has 3 amide bonds. The van der Waals surface area contributed by atoms with Gasteiger partial charge in [0, 0.05) is 12.6 Å². The lowest BCUT2D eigenvalue weighted by Crippen LogP contribution is -2.55. The zero-order valence-corrected chi connectivity index (χ0v) is 24.4. The van der Waals surface area contributed by atoms with E-state index in [-0.39, 0.29) is 31.4 Å². The number of hydrogen-bond acceptors (Lipinski definition) is 8. The summed E-state index contributed by atoms with van der Waals surface area (Å²) in [4.78, 5) is 53.4. The minimum absolute atomic E-state index is 0.0149. The molecule has 0 bridgehead atoms. The van der Waals surface area contributed by atoms with Crippen LogP contribution in [0.5, 0.6) is 5.75 Å². The van der Waals surface area contributed by atoms with Crippen molar-refractivity contribution in [2.75, 3.05) is 25.2 Å². The molecule has 0 aromatic heterocycles. The first-order chi connectivity index (χ1) is 17.8. The van der Waals surface area contributed by atoms with Gasteiger partial charge in [0.25, 0.3) is 0 Å². The molecule has 0 heterocycles. The molecule has 10 nitrogen and oxygen atoms in total. The summed E-state index contributed by atoms with van der Waals surface area (Å²) in [7, 11) is 0. The second-order valence-corrected chi connectivity index (χ2v) is 10.8. The number of esters is 1. The van der Waals surface area contributed by atoms with E-state index in [1.54, 1.807) is 39.8 Å². The van der Waals surface area contributed by atoms with Gasteiger partial charge < -0.3 is 30.1 Å². The van der Waals surface area contributed by atoms with E-state index in [9.17, 15) is 24.3 Å². The minimum Gasteiger partial charge on any atom is -0.508 e. The smallest absolute Gasteiger partial charge is 0.408 e. The number of nitrogens with one attached hydrogen (secondary N) is 2. The number of thioether (sulfide) groups is 1. The van der Waals surface area contributed by atoms with Crippen LogP contribution in [0.2, 0.25) is 0 Å². The fraction of sp³-hybridized carbons (Fsp3) is 0.630. The number of ether oxygens (including phenoxy) is 2. The zero-order chi connectivity index (χ0) is 28.9. The topological polar surface area (TPSA) is 134 Å². The number of carbonyl (C=O) groups is 4. The van der Waals surface area contributed by atoms with Gasteiger partial charge in [-0.05, 0) is 77.2 Å². The van der Waals surface area contributed by atoms with Gasteiger partial charge in [-0.15, -0.1) is 0 Å². The number of aromatic hydroxyl groups is 1. The quantitative estimate of drug-likeness (QED) is 0.296. The molecule has 38 heavy (non-hydrogen) atoms. The molecule has 0 saturated carbocycles. The van der Waals surface area contributed by atoms with Crippen LogP contribution in [0.3, 0.4) is 0 Å². The van der Waals surface area contributed by atoms with Gasteiger partial charge in [0.1, 0.15) is 23.4 Å². The molecule has 0 radical (unpaired) electrons. The SMILES string of the molecule is CCOC(=O)CCNC(=O)C(c1ccc(O)cc1)N(C(=O)C(CCSC)NC(=O)OC(C)(C)C)C(C)CC. The second kappa shape index (κ2) is 16.1. The first-order valence-electron chi connectivity index (χ1n) is 12.9. The van der Waals surface area contributed by atoms with Gasteiger partial charge in [-0.2, -0.15) is 11.8 Å². The fourth-order valence-corrected chi connectivity index (χ4v) is 4.10. The number of benzene rings is 1. The Morgan fingerprint density at radius 3 is 2.26 bits per heavy atom. The maximum absolute atomic E-state index is 14.0. The predicted molar refractivity (Wildman–Crippen MR) is 148 cm³/mol. The molecule has 0 aliphatic rings. The average Bonchev–Trinajstić information content (AvgIpc) is 2.83. The maximum atomic E-state index is 14.0. The van der Waals surface area contributed by atoms with E-state index in [0.29, 0.717) is 24.2 Å². The number of hydrogen-bond donors (Lipinski definition) is 3. The molecule has 0 fully saturated rings. The Hall–Kier alpha value is -2.95. The predicted octanol–water partition coefficient (Wildman–Crippen LogP) is 3.78. The highest BCUT2D eigenvalue weighted by Crippen LogP contribution is 2.28. The molecule has 3 unspecified atom stereocenters. The normalized spacial score (nSPS) is 13.6. The Bertz CT molecular complexity index is 918. The molecule has 0 saturated heterocycles. The summed E-state index contributed by atoms with van der Waals surface area (Å²) >= 11 is 1.53. The summed E-state index contributed by atoms with van der Waals surface area (Å²) in [5.74, 6) is -0.758. The molecule has 1 aromatic rings. The summed E-state index contributed by atoms with van der Waals surface area (Å²) in [5.41, 5.74) is -0.271. The van der Waals surface area contributed by atoms with E-state index in [1.807, 2.05) is 20.1 Å². The molecular weight excluding hydrogens is 510 g/mol. The maximum Gasteiger partial charge on any atom is 0.408 e. The van der Waals surface area contributed by atoms with Gasteiger partial charge >= 0.3 is 12.1 Å². The third-order valence-electron chi connectivity index (χ3n) is 5.59. The standard InChI is InChI=1S/C27H43N3O7S/c1-8-18(3)30(25(34)21(15-17-38-7)29-26(35)37-27(4,5)6)23(19-10-12-20(31)13-11-19)24(33)28-16-14-22(32)36-9-2/h10-13,18,21,23,31H,8-9,14-17H2,1-7H3,(H,28,33)(H,29,35). The van der Waals surface area contributed by atoms with E-state index in [4.69, 9.17) is 9.47 Å². The molecule has 0 aliphatic heterocycles. The van der Waals surface area contributed by atoms with Crippen molar-refractivity contribution in [2.45, 2.75) is 84.5 Å². The number of alkyl carbamates (subject to hydrolysis) is 1. The number of amides is 3.